The van der Waals surface area contributed by atoms with Gasteiger partial charge in [-0.25, -0.2) is 0 Å². The Balaban J connectivity index is 2.62. The zero-order valence-corrected chi connectivity index (χ0v) is 11.6. The van der Waals surface area contributed by atoms with Gasteiger partial charge in [-0.2, -0.15) is 0 Å². The molecule has 0 aliphatic carbocycles. The molecule has 0 fully saturated rings. The predicted octanol–water partition coefficient (Wildman–Crippen LogP) is 0.334. The van der Waals surface area contributed by atoms with E-state index < -0.39 is 5.60 Å². The molecule has 1 aromatic rings. The first-order chi connectivity index (χ1) is 8.23. The second-order valence-electron chi connectivity index (χ2n) is 5.12. The first-order valence-corrected chi connectivity index (χ1v) is 5.81. The molecule has 6 nitrogen and oxygen atoms in total. The van der Waals surface area contributed by atoms with Gasteiger partial charge in [-0.3, -0.25) is 4.79 Å². The number of nitrogens with zero attached hydrogens (tertiary/aromatic N) is 2. The molecule has 0 saturated carbocycles. The fourth-order valence-electron chi connectivity index (χ4n) is 1.90. The van der Waals surface area contributed by atoms with Crippen LogP contribution in [0.4, 0.5) is 0 Å². The van der Waals surface area contributed by atoms with Crippen LogP contribution < -0.4 is 5.32 Å². The van der Waals surface area contributed by atoms with Crippen LogP contribution in [0.2, 0.25) is 0 Å². The Labute approximate surface area is 107 Å². The second-order valence-corrected chi connectivity index (χ2v) is 5.12. The van der Waals surface area contributed by atoms with Crippen LogP contribution in [-0.2, 0) is 0 Å². The minimum absolute atomic E-state index is 0.175. The minimum Gasteiger partial charge on any atom is -0.387 e. The molecule has 1 atom stereocenters. The summed E-state index contributed by atoms with van der Waals surface area (Å²) in [5.74, 6) is 0.211. The average Bonchev–Trinajstić information content (AvgIpc) is 2.53. The van der Waals surface area contributed by atoms with Crippen LogP contribution in [0.15, 0.2) is 4.52 Å². The molecule has 102 valence electrons. The van der Waals surface area contributed by atoms with Crippen LogP contribution in [0, 0.1) is 13.8 Å². The van der Waals surface area contributed by atoms with E-state index in [9.17, 15) is 9.90 Å². The van der Waals surface area contributed by atoms with Crippen molar-refractivity contribution >= 4 is 5.91 Å². The Morgan fingerprint density at radius 2 is 2.11 bits per heavy atom. The molecule has 0 aliphatic rings. The molecule has 0 aliphatic heterocycles. The van der Waals surface area contributed by atoms with E-state index in [1.54, 1.807) is 20.8 Å². The molecular formula is C12H21N3O3. The van der Waals surface area contributed by atoms with E-state index in [1.807, 2.05) is 19.0 Å². The van der Waals surface area contributed by atoms with E-state index >= 15 is 0 Å². The van der Waals surface area contributed by atoms with Crippen molar-refractivity contribution in [2.24, 2.45) is 0 Å². The van der Waals surface area contributed by atoms with E-state index in [-0.39, 0.29) is 12.5 Å². The summed E-state index contributed by atoms with van der Waals surface area (Å²) >= 11 is 0. The predicted molar refractivity (Wildman–Crippen MR) is 67.5 cm³/mol. The van der Waals surface area contributed by atoms with E-state index in [0.29, 0.717) is 23.6 Å². The lowest BCUT2D eigenvalue weighted by Crippen LogP contribution is -2.47. The summed E-state index contributed by atoms with van der Waals surface area (Å²) in [4.78, 5) is 13.8. The van der Waals surface area contributed by atoms with Gasteiger partial charge in [0.15, 0.2) is 0 Å². The Morgan fingerprint density at radius 3 is 2.56 bits per heavy atom. The van der Waals surface area contributed by atoms with Crippen molar-refractivity contribution < 1.29 is 14.4 Å². The normalized spacial score (nSPS) is 14.6. The Bertz CT molecular complexity index is 405. The molecule has 0 spiro atoms. The summed E-state index contributed by atoms with van der Waals surface area (Å²) in [5, 5.41) is 16.5. The SMILES string of the molecule is Cc1noc(C)c1C(=O)NCC(C)(O)CN(C)C. The van der Waals surface area contributed by atoms with Gasteiger partial charge in [0.25, 0.3) is 5.91 Å². The summed E-state index contributed by atoms with van der Waals surface area (Å²) < 4.78 is 4.93. The van der Waals surface area contributed by atoms with Gasteiger partial charge in [0.2, 0.25) is 0 Å². The summed E-state index contributed by atoms with van der Waals surface area (Å²) in [6.45, 7) is 5.72. The maximum absolute atomic E-state index is 11.9. The van der Waals surface area contributed by atoms with Crippen LogP contribution >= 0.6 is 0 Å². The summed E-state index contributed by atoms with van der Waals surface area (Å²) in [6.07, 6.45) is 0. The van der Waals surface area contributed by atoms with Crippen molar-refractivity contribution in [2.75, 3.05) is 27.2 Å². The number of rotatable bonds is 5. The van der Waals surface area contributed by atoms with Crippen LogP contribution in [0.5, 0.6) is 0 Å². The van der Waals surface area contributed by atoms with E-state index in [4.69, 9.17) is 4.52 Å². The van der Waals surface area contributed by atoms with E-state index in [1.165, 1.54) is 0 Å². The van der Waals surface area contributed by atoms with Crippen molar-refractivity contribution in [3.63, 3.8) is 0 Å². The summed E-state index contributed by atoms with van der Waals surface area (Å²) in [6, 6.07) is 0. The van der Waals surface area contributed by atoms with Gasteiger partial charge in [0, 0.05) is 13.1 Å². The monoisotopic (exact) mass is 255 g/mol. The number of nitrogens with one attached hydrogen (secondary N) is 1. The van der Waals surface area contributed by atoms with Crippen molar-refractivity contribution in [3.8, 4) is 0 Å². The number of hydrogen-bond donors (Lipinski definition) is 2. The Kier molecular flexibility index (Phi) is 4.48. The second kappa shape index (κ2) is 5.49. The maximum atomic E-state index is 11.9. The lowest BCUT2D eigenvalue weighted by Gasteiger charge is -2.27. The van der Waals surface area contributed by atoms with E-state index in [0.717, 1.165) is 0 Å². The van der Waals surface area contributed by atoms with Gasteiger partial charge in [-0.05, 0) is 34.9 Å². The quantitative estimate of drug-likeness (QED) is 0.793. The summed E-state index contributed by atoms with van der Waals surface area (Å²) in [5.41, 5.74) is 0.0194. The number of carbonyl (C=O) groups is 1. The molecule has 1 unspecified atom stereocenters. The highest BCUT2D eigenvalue weighted by atomic mass is 16.5. The number of hydrogen-bond acceptors (Lipinski definition) is 5. The van der Waals surface area contributed by atoms with Gasteiger partial charge in [0.1, 0.15) is 11.3 Å². The van der Waals surface area contributed by atoms with E-state index in [2.05, 4.69) is 10.5 Å². The number of aliphatic hydroxyl groups is 1. The standard InChI is InChI=1S/C12H21N3O3/c1-8-10(9(2)18-14-8)11(16)13-6-12(3,17)7-15(4)5/h17H,6-7H2,1-5H3,(H,13,16). The third kappa shape index (κ3) is 3.82. The Hall–Kier alpha value is -1.40. The zero-order valence-electron chi connectivity index (χ0n) is 11.6. The number of aromatic nitrogens is 1. The maximum Gasteiger partial charge on any atom is 0.256 e. The molecule has 0 aromatic carbocycles. The topological polar surface area (TPSA) is 78.6 Å². The lowest BCUT2D eigenvalue weighted by atomic mass is 10.1. The molecule has 1 amide bonds. The van der Waals surface area contributed by atoms with Crippen LogP contribution in [0.3, 0.4) is 0 Å². The van der Waals surface area contributed by atoms with Crippen LogP contribution in [-0.4, -0.2) is 53.9 Å². The van der Waals surface area contributed by atoms with Crippen LogP contribution in [0.1, 0.15) is 28.7 Å². The van der Waals surface area contributed by atoms with Gasteiger partial charge in [0.05, 0.1) is 11.3 Å². The largest absolute Gasteiger partial charge is 0.387 e. The highest BCUT2D eigenvalue weighted by Gasteiger charge is 2.24. The molecule has 0 saturated heterocycles. The fourth-order valence-corrected chi connectivity index (χ4v) is 1.90. The fraction of sp³-hybridized carbons (Fsp3) is 0.667. The van der Waals surface area contributed by atoms with Gasteiger partial charge in [-0.1, -0.05) is 5.16 Å². The summed E-state index contributed by atoms with van der Waals surface area (Å²) in [7, 11) is 3.73. The van der Waals surface area contributed by atoms with Crippen LogP contribution in [0.25, 0.3) is 0 Å². The van der Waals surface area contributed by atoms with Gasteiger partial charge >= 0.3 is 0 Å². The first kappa shape index (κ1) is 14.7. The molecule has 0 bridgehead atoms. The highest BCUT2D eigenvalue weighted by molar-refractivity contribution is 5.96. The molecule has 1 rings (SSSR count). The molecular weight excluding hydrogens is 234 g/mol. The molecule has 0 radical (unpaired) electrons. The number of likely N-dealkylation sites (N-methyl/N-ethyl adjacent to an activating group) is 1. The average molecular weight is 255 g/mol. The molecule has 2 N–H and O–H groups in total. The Morgan fingerprint density at radius 1 is 1.50 bits per heavy atom. The minimum atomic E-state index is -0.974. The van der Waals surface area contributed by atoms with Crippen molar-refractivity contribution in [2.45, 2.75) is 26.4 Å². The van der Waals surface area contributed by atoms with Gasteiger partial charge in [-0.15, -0.1) is 0 Å². The zero-order chi connectivity index (χ0) is 13.9. The lowest BCUT2D eigenvalue weighted by molar-refractivity contribution is 0.0325. The third-order valence-electron chi connectivity index (χ3n) is 2.55. The van der Waals surface area contributed by atoms with Crippen molar-refractivity contribution in [1.29, 1.82) is 0 Å². The smallest absolute Gasteiger partial charge is 0.256 e. The number of amides is 1. The molecule has 18 heavy (non-hydrogen) atoms. The first-order valence-electron chi connectivity index (χ1n) is 5.81. The highest BCUT2D eigenvalue weighted by Crippen LogP contribution is 2.12. The molecule has 1 aromatic heterocycles. The number of aryl methyl sites for hydroxylation is 2. The number of carbonyl (C=O) groups excluding carboxylic acids is 1. The van der Waals surface area contributed by atoms with Crippen molar-refractivity contribution in [3.05, 3.63) is 17.0 Å². The van der Waals surface area contributed by atoms with Crippen molar-refractivity contribution in [1.82, 2.24) is 15.4 Å². The molecule has 6 heteroatoms. The third-order valence-corrected chi connectivity index (χ3v) is 2.55. The van der Waals surface area contributed by atoms with Gasteiger partial charge < -0.3 is 19.8 Å². The molecule has 1 heterocycles.